The standard InChI is InChI=1S/C18H17ClN4O2S/c1-23-17(14-8-3-4-9-15(14)19)21-22-18(23)26-11-16(24)20-12-6-5-7-13(10-12)25-2/h3-10H,11H2,1-2H3,(H,20,24). The summed E-state index contributed by atoms with van der Waals surface area (Å²) in [5, 5.41) is 12.4. The van der Waals surface area contributed by atoms with E-state index in [0.717, 1.165) is 5.56 Å². The summed E-state index contributed by atoms with van der Waals surface area (Å²) in [5.74, 6) is 1.43. The molecule has 0 radical (unpaired) electrons. The number of carbonyl (C=O) groups excluding carboxylic acids is 1. The smallest absolute Gasteiger partial charge is 0.234 e. The van der Waals surface area contributed by atoms with Gasteiger partial charge in [0.2, 0.25) is 5.91 Å². The van der Waals surface area contributed by atoms with E-state index in [1.54, 1.807) is 19.2 Å². The Bertz CT molecular complexity index is 929. The van der Waals surface area contributed by atoms with Crippen molar-refractivity contribution in [3.63, 3.8) is 0 Å². The molecule has 0 spiro atoms. The Balaban J connectivity index is 1.65. The van der Waals surface area contributed by atoms with Gasteiger partial charge in [0.1, 0.15) is 5.75 Å². The van der Waals surface area contributed by atoms with Crippen molar-refractivity contribution < 1.29 is 9.53 Å². The molecule has 3 aromatic rings. The number of ether oxygens (including phenoxy) is 1. The minimum atomic E-state index is -0.134. The highest BCUT2D eigenvalue weighted by atomic mass is 35.5. The normalized spacial score (nSPS) is 10.6. The molecule has 0 fully saturated rings. The van der Waals surface area contributed by atoms with Crippen molar-refractivity contribution in [2.24, 2.45) is 7.05 Å². The maximum absolute atomic E-state index is 12.2. The predicted molar refractivity (Wildman–Crippen MR) is 104 cm³/mol. The van der Waals surface area contributed by atoms with E-state index in [2.05, 4.69) is 15.5 Å². The van der Waals surface area contributed by atoms with Crippen LogP contribution in [0.15, 0.2) is 53.7 Å². The third kappa shape index (κ3) is 4.17. The van der Waals surface area contributed by atoms with Gasteiger partial charge in [0, 0.05) is 24.4 Å². The van der Waals surface area contributed by atoms with Crippen LogP contribution in [0.3, 0.4) is 0 Å². The maximum Gasteiger partial charge on any atom is 0.234 e. The van der Waals surface area contributed by atoms with Crippen molar-refractivity contribution >= 4 is 35.0 Å². The number of aromatic nitrogens is 3. The molecule has 0 bridgehead atoms. The summed E-state index contributed by atoms with van der Waals surface area (Å²) in [5.41, 5.74) is 1.49. The van der Waals surface area contributed by atoms with Gasteiger partial charge in [0.05, 0.1) is 17.9 Å². The lowest BCUT2D eigenvalue weighted by Gasteiger charge is -2.07. The van der Waals surface area contributed by atoms with Gasteiger partial charge in [-0.25, -0.2) is 0 Å². The number of amides is 1. The van der Waals surface area contributed by atoms with Gasteiger partial charge in [-0.2, -0.15) is 0 Å². The first-order valence-corrected chi connectivity index (χ1v) is 9.16. The Morgan fingerprint density at radius 1 is 1.23 bits per heavy atom. The van der Waals surface area contributed by atoms with Gasteiger partial charge >= 0.3 is 0 Å². The number of carbonyl (C=O) groups is 1. The van der Waals surface area contributed by atoms with Crippen LogP contribution >= 0.6 is 23.4 Å². The summed E-state index contributed by atoms with van der Waals surface area (Å²) in [7, 11) is 3.43. The number of nitrogens with zero attached hydrogens (tertiary/aromatic N) is 3. The summed E-state index contributed by atoms with van der Waals surface area (Å²) in [6.45, 7) is 0. The number of rotatable bonds is 6. The summed E-state index contributed by atoms with van der Waals surface area (Å²) < 4.78 is 6.97. The Labute approximate surface area is 160 Å². The number of halogens is 1. The topological polar surface area (TPSA) is 69.0 Å². The van der Waals surface area contributed by atoms with Gasteiger partial charge in [-0.15, -0.1) is 10.2 Å². The van der Waals surface area contributed by atoms with Gasteiger partial charge in [-0.3, -0.25) is 4.79 Å². The molecule has 0 aliphatic heterocycles. The van der Waals surface area contributed by atoms with Crippen LogP contribution in [0, 0.1) is 0 Å². The van der Waals surface area contributed by atoms with Crippen LogP contribution in [0.5, 0.6) is 5.75 Å². The second-order valence-electron chi connectivity index (χ2n) is 5.41. The Morgan fingerprint density at radius 3 is 2.81 bits per heavy atom. The number of benzene rings is 2. The van der Waals surface area contributed by atoms with Crippen LogP contribution in [0.2, 0.25) is 5.02 Å². The van der Waals surface area contributed by atoms with Crippen molar-refractivity contribution in [3.05, 3.63) is 53.6 Å². The molecule has 1 N–H and O–H groups in total. The fourth-order valence-corrected chi connectivity index (χ4v) is 3.28. The van der Waals surface area contributed by atoms with Gasteiger partial charge < -0.3 is 14.6 Å². The molecule has 1 aromatic heterocycles. The number of hydrogen-bond acceptors (Lipinski definition) is 5. The van der Waals surface area contributed by atoms with Crippen molar-refractivity contribution in [1.29, 1.82) is 0 Å². The SMILES string of the molecule is COc1cccc(NC(=O)CSc2nnc(-c3ccccc3Cl)n2C)c1. The number of thioether (sulfide) groups is 1. The number of hydrogen-bond donors (Lipinski definition) is 1. The second-order valence-corrected chi connectivity index (χ2v) is 6.76. The van der Waals surface area contributed by atoms with Crippen LogP contribution in [0.25, 0.3) is 11.4 Å². The van der Waals surface area contributed by atoms with E-state index < -0.39 is 0 Å². The molecule has 0 saturated carbocycles. The van der Waals surface area contributed by atoms with Gasteiger partial charge in [0.25, 0.3) is 0 Å². The zero-order valence-corrected chi connectivity index (χ0v) is 15.8. The van der Waals surface area contributed by atoms with E-state index >= 15 is 0 Å². The molecular weight excluding hydrogens is 372 g/mol. The van der Waals surface area contributed by atoms with Crippen molar-refractivity contribution in [3.8, 4) is 17.1 Å². The third-order valence-corrected chi connectivity index (χ3v) is 4.99. The summed E-state index contributed by atoms with van der Waals surface area (Å²) in [6, 6.07) is 14.7. The average molecular weight is 389 g/mol. The van der Waals surface area contributed by atoms with Crippen molar-refractivity contribution in [2.45, 2.75) is 5.16 Å². The second kappa shape index (κ2) is 8.25. The third-order valence-electron chi connectivity index (χ3n) is 3.64. The summed E-state index contributed by atoms with van der Waals surface area (Å²) in [4.78, 5) is 12.2. The molecule has 0 saturated heterocycles. The zero-order chi connectivity index (χ0) is 18.5. The van der Waals surface area contributed by atoms with E-state index in [0.29, 0.717) is 27.4 Å². The highest BCUT2D eigenvalue weighted by Gasteiger charge is 2.15. The fourth-order valence-electron chi connectivity index (χ4n) is 2.35. The monoisotopic (exact) mass is 388 g/mol. The van der Waals surface area contributed by atoms with E-state index in [1.165, 1.54) is 11.8 Å². The van der Waals surface area contributed by atoms with E-state index in [-0.39, 0.29) is 11.7 Å². The highest BCUT2D eigenvalue weighted by molar-refractivity contribution is 7.99. The Morgan fingerprint density at radius 2 is 2.04 bits per heavy atom. The lowest BCUT2D eigenvalue weighted by Crippen LogP contribution is -2.14. The van der Waals surface area contributed by atoms with Crippen LogP contribution in [0.4, 0.5) is 5.69 Å². The Kier molecular flexibility index (Phi) is 5.80. The molecule has 2 aromatic carbocycles. The summed E-state index contributed by atoms with van der Waals surface area (Å²) in [6.07, 6.45) is 0. The molecule has 134 valence electrons. The number of anilines is 1. The van der Waals surface area contributed by atoms with Crippen molar-refractivity contribution in [1.82, 2.24) is 14.8 Å². The van der Waals surface area contributed by atoms with Crippen LogP contribution in [0.1, 0.15) is 0 Å². The van der Waals surface area contributed by atoms with Gasteiger partial charge in [0.15, 0.2) is 11.0 Å². The lowest BCUT2D eigenvalue weighted by molar-refractivity contribution is -0.113. The van der Waals surface area contributed by atoms with Crippen LogP contribution in [-0.4, -0.2) is 33.5 Å². The summed E-state index contributed by atoms with van der Waals surface area (Å²) >= 11 is 7.53. The minimum Gasteiger partial charge on any atom is -0.497 e. The fraction of sp³-hybridized carbons (Fsp3) is 0.167. The molecule has 0 aliphatic rings. The minimum absolute atomic E-state index is 0.134. The number of methoxy groups -OCH3 is 1. The molecule has 0 aliphatic carbocycles. The highest BCUT2D eigenvalue weighted by Crippen LogP contribution is 2.28. The molecule has 0 unspecified atom stereocenters. The van der Waals surface area contributed by atoms with Gasteiger partial charge in [-0.1, -0.05) is 41.6 Å². The molecule has 0 atom stereocenters. The molecule has 6 nitrogen and oxygen atoms in total. The number of nitrogens with one attached hydrogen (secondary N) is 1. The van der Waals surface area contributed by atoms with E-state index in [1.807, 2.05) is 48.0 Å². The average Bonchev–Trinajstić information content (AvgIpc) is 3.01. The molecule has 8 heteroatoms. The molecule has 26 heavy (non-hydrogen) atoms. The lowest BCUT2D eigenvalue weighted by atomic mass is 10.2. The quantitative estimate of drug-likeness (QED) is 0.649. The first kappa shape index (κ1) is 18.3. The predicted octanol–water partition coefficient (Wildman–Crippen LogP) is 3.87. The van der Waals surface area contributed by atoms with Crippen LogP contribution in [-0.2, 0) is 11.8 Å². The molecular formula is C18H17ClN4O2S. The Hall–Kier alpha value is -2.51. The molecule has 1 amide bonds. The van der Waals surface area contributed by atoms with Gasteiger partial charge in [-0.05, 0) is 24.3 Å². The zero-order valence-electron chi connectivity index (χ0n) is 14.3. The first-order valence-electron chi connectivity index (χ1n) is 7.79. The maximum atomic E-state index is 12.2. The molecule has 3 rings (SSSR count). The molecule has 1 heterocycles. The largest absolute Gasteiger partial charge is 0.497 e. The van der Waals surface area contributed by atoms with Crippen LogP contribution < -0.4 is 10.1 Å². The van der Waals surface area contributed by atoms with E-state index in [9.17, 15) is 4.79 Å². The van der Waals surface area contributed by atoms with E-state index in [4.69, 9.17) is 16.3 Å². The first-order chi connectivity index (χ1) is 12.6. The van der Waals surface area contributed by atoms with Crippen molar-refractivity contribution in [2.75, 3.05) is 18.2 Å².